The molecule has 0 spiro atoms. The molecule has 144 valence electrons. The summed E-state index contributed by atoms with van der Waals surface area (Å²) in [7, 11) is 1.78. The number of carboxylic acids is 1. The van der Waals surface area contributed by atoms with Gasteiger partial charge in [-0.1, -0.05) is 19.9 Å². The molecule has 0 aromatic carbocycles. The monoisotopic (exact) mass is 371 g/mol. The number of aryl methyl sites for hydroxylation is 1. The Morgan fingerprint density at radius 1 is 1.37 bits per heavy atom. The Kier molecular flexibility index (Phi) is 4.91. The number of nitrogens with zero attached hydrogens (tertiary/aromatic N) is 3. The van der Waals surface area contributed by atoms with Crippen molar-refractivity contribution in [3.8, 4) is 11.4 Å². The van der Waals surface area contributed by atoms with Crippen molar-refractivity contribution in [3.63, 3.8) is 0 Å². The van der Waals surface area contributed by atoms with Crippen LogP contribution in [-0.2, 0) is 11.8 Å². The van der Waals surface area contributed by atoms with Gasteiger partial charge in [-0.05, 0) is 36.8 Å². The van der Waals surface area contributed by atoms with Crippen LogP contribution in [0.15, 0.2) is 30.6 Å². The van der Waals surface area contributed by atoms with Crippen molar-refractivity contribution in [2.24, 2.45) is 24.3 Å². The van der Waals surface area contributed by atoms with Crippen molar-refractivity contribution in [1.82, 2.24) is 20.1 Å². The Labute approximate surface area is 158 Å². The summed E-state index contributed by atoms with van der Waals surface area (Å²) in [5.74, 6) is -1.04. The zero-order valence-electron chi connectivity index (χ0n) is 15.9. The Hall–Kier alpha value is -2.90. The van der Waals surface area contributed by atoms with Gasteiger partial charge in [-0.3, -0.25) is 14.5 Å². The zero-order chi connectivity index (χ0) is 19.8. The van der Waals surface area contributed by atoms with Crippen molar-refractivity contribution in [3.05, 3.63) is 30.6 Å². The van der Waals surface area contributed by atoms with Crippen LogP contribution in [0.1, 0.15) is 27.2 Å². The van der Waals surface area contributed by atoms with E-state index in [-0.39, 0.29) is 29.3 Å². The fourth-order valence-corrected chi connectivity index (χ4v) is 3.96. The number of carbonyl (C=O) groups is 2. The molecule has 3 N–H and O–H groups in total. The second-order valence-corrected chi connectivity index (χ2v) is 7.72. The van der Waals surface area contributed by atoms with Crippen molar-refractivity contribution < 1.29 is 14.7 Å². The van der Waals surface area contributed by atoms with E-state index in [0.29, 0.717) is 23.5 Å². The summed E-state index contributed by atoms with van der Waals surface area (Å²) in [4.78, 5) is 28.1. The van der Waals surface area contributed by atoms with Gasteiger partial charge in [-0.2, -0.15) is 5.10 Å². The number of nitrogens with one attached hydrogen (secondary N) is 2. The Morgan fingerprint density at radius 2 is 2.11 bits per heavy atom. The van der Waals surface area contributed by atoms with Gasteiger partial charge < -0.3 is 15.7 Å². The van der Waals surface area contributed by atoms with Gasteiger partial charge >= 0.3 is 12.0 Å². The third-order valence-corrected chi connectivity index (χ3v) is 5.59. The highest BCUT2D eigenvalue weighted by Gasteiger charge is 2.53. The minimum atomic E-state index is -0.775. The van der Waals surface area contributed by atoms with Gasteiger partial charge in [0.25, 0.3) is 0 Å². The molecule has 2 heterocycles. The molecule has 0 aliphatic heterocycles. The quantitative estimate of drug-likeness (QED) is 0.749. The number of carbonyl (C=O) groups excluding carboxylic acids is 1. The van der Waals surface area contributed by atoms with Crippen LogP contribution in [0.5, 0.6) is 0 Å². The Morgan fingerprint density at radius 3 is 2.70 bits per heavy atom. The van der Waals surface area contributed by atoms with Gasteiger partial charge in [0, 0.05) is 25.5 Å². The van der Waals surface area contributed by atoms with Crippen molar-refractivity contribution in [2.45, 2.75) is 33.2 Å². The maximum Gasteiger partial charge on any atom is 0.319 e. The highest BCUT2D eigenvalue weighted by molar-refractivity contribution is 5.93. The number of aromatic nitrogens is 3. The molecule has 8 nitrogen and oxygen atoms in total. The number of anilines is 1. The number of hydrogen-bond donors (Lipinski definition) is 3. The number of urea groups is 1. The third kappa shape index (κ3) is 3.65. The zero-order valence-corrected chi connectivity index (χ0v) is 15.9. The lowest BCUT2D eigenvalue weighted by Gasteiger charge is -2.52. The molecule has 1 aliphatic carbocycles. The van der Waals surface area contributed by atoms with E-state index in [1.54, 1.807) is 24.1 Å². The number of carboxylic acid groups (broad SMARTS) is 1. The maximum atomic E-state index is 12.5. The second kappa shape index (κ2) is 7.02. The van der Waals surface area contributed by atoms with Crippen molar-refractivity contribution in [2.75, 3.05) is 5.32 Å². The summed E-state index contributed by atoms with van der Waals surface area (Å²) in [6, 6.07) is 5.02. The Bertz CT molecular complexity index is 846. The molecule has 3 atom stereocenters. The molecule has 1 aliphatic rings. The number of amides is 2. The lowest BCUT2D eigenvalue weighted by atomic mass is 9.53. The predicted octanol–water partition coefficient (Wildman–Crippen LogP) is 2.74. The van der Waals surface area contributed by atoms with Crippen molar-refractivity contribution in [1.29, 1.82) is 0 Å². The number of rotatable bonds is 5. The molecule has 1 saturated carbocycles. The highest BCUT2D eigenvalue weighted by atomic mass is 16.4. The lowest BCUT2D eigenvalue weighted by molar-refractivity contribution is -0.160. The van der Waals surface area contributed by atoms with Crippen LogP contribution < -0.4 is 10.6 Å². The average Bonchev–Trinajstić information content (AvgIpc) is 2.94. The molecule has 27 heavy (non-hydrogen) atoms. The molecule has 0 saturated heterocycles. The van der Waals surface area contributed by atoms with Crippen LogP contribution in [0.4, 0.5) is 10.5 Å². The minimum absolute atomic E-state index is 0.105. The van der Waals surface area contributed by atoms with Gasteiger partial charge in [0.2, 0.25) is 0 Å². The minimum Gasteiger partial charge on any atom is -0.481 e. The first-order chi connectivity index (χ1) is 12.7. The molecular weight excluding hydrogens is 346 g/mol. The molecule has 3 rings (SSSR count). The van der Waals surface area contributed by atoms with E-state index in [9.17, 15) is 14.7 Å². The summed E-state index contributed by atoms with van der Waals surface area (Å²) in [5.41, 5.74) is 1.48. The van der Waals surface area contributed by atoms with Crippen LogP contribution in [0.3, 0.4) is 0 Å². The van der Waals surface area contributed by atoms with E-state index in [4.69, 9.17) is 0 Å². The standard InChI is InChI=1S/C19H25N5O3/c1-11(12-9-13(17(25)26)19(12,2)3)21-18(27)22-15-10-24(4)23-16(15)14-7-5-6-8-20-14/h5-8,10-13H,9H2,1-4H3,(H,25,26)(H2,21,22,27)/t11?,12-,13+/m0/s1. The van der Waals surface area contributed by atoms with Crippen LogP contribution in [0, 0.1) is 17.3 Å². The van der Waals surface area contributed by atoms with Crippen LogP contribution in [0.2, 0.25) is 0 Å². The smallest absolute Gasteiger partial charge is 0.319 e. The average molecular weight is 371 g/mol. The molecule has 0 radical (unpaired) electrons. The van der Waals surface area contributed by atoms with E-state index in [1.165, 1.54) is 0 Å². The molecule has 2 amide bonds. The van der Waals surface area contributed by atoms with Gasteiger partial charge in [-0.25, -0.2) is 4.79 Å². The summed E-state index contributed by atoms with van der Waals surface area (Å²) >= 11 is 0. The van der Waals surface area contributed by atoms with E-state index in [2.05, 4.69) is 20.7 Å². The van der Waals surface area contributed by atoms with Gasteiger partial charge in [0.1, 0.15) is 5.69 Å². The third-order valence-electron chi connectivity index (χ3n) is 5.59. The highest BCUT2D eigenvalue weighted by Crippen LogP contribution is 2.52. The van der Waals surface area contributed by atoms with Crippen LogP contribution in [0.25, 0.3) is 11.4 Å². The normalized spacial score (nSPS) is 21.8. The van der Waals surface area contributed by atoms with Crippen LogP contribution in [-0.4, -0.2) is 37.9 Å². The first-order valence-corrected chi connectivity index (χ1v) is 8.95. The molecule has 8 heteroatoms. The van der Waals surface area contributed by atoms with E-state index < -0.39 is 5.97 Å². The largest absolute Gasteiger partial charge is 0.481 e. The molecule has 1 unspecified atom stereocenters. The molecule has 2 aromatic heterocycles. The fraction of sp³-hybridized carbons (Fsp3) is 0.474. The Balaban J connectivity index is 1.66. The molecule has 0 bridgehead atoms. The van der Waals surface area contributed by atoms with E-state index in [1.807, 2.05) is 39.0 Å². The maximum absolute atomic E-state index is 12.5. The fourth-order valence-electron chi connectivity index (χ4n) is 3.96. The summed E-state index contributed by atoms with van der Waals surface area (Å²) in [6.45, 7) is 5.79. The summed E-state index contributed by atoms with van der Waals surface area (Å²) in [6.07, 6.45) is 3.96. The first kappa shape index (κ1) is 18.9. The number of aliphatic carboxylic acids is 1. The van der Waals surface area contributed by atoms with Crippen molar-refractivity contribution >= 4 is 17.7 Å². The first-order valence-electron chi connectivity index (χ1n) is 8.95. The molecular formula is C19H25N5O3. The van der Waals surface area contributed by atoms with E-state index in [0.717, 1.165) is 0 Å². The van der Waals surface area contributed by atoms with Gasteiger partial charge in [-0.15, -0.1) is 0 Å². The summed E-state index contributed by atoms with van der Waals surface area (Å²) in [5, 5.41) is 19.4. The second-order valence-electron chi connectivity index (χ2n) is 7.72. The SMILES string of the molecule is CC(NC(=O)Nc1cn(C)nc1-c1ccccn1)[C@@H]1C[C@H](C(=O)O)C1(C)C. The van der Waals surface area contributed by atoms with Gasteiger partial charge in [0.15, 0.2) is 0 Å². The lowest BCUT2D eigenvalue weighted by Crippen LogP contribution is -2.57. The van der Waals surface area contributed by atoms with E-state index >= 15 is 0 Å². The summed E-state index contributed by atoms with van der Waals surface area (Å²) < 4.78 is 1.62. The van der Waals surface area contributed by atoms with Gasteiger partial charge in [0.05, 0.1) is 17.3 Å². The number of hydrogen-bond acceptors (Lipinski definition) is 4. The molecule has 2 aromatic rings. The topological polar surface area (TPSA) is 109 Å². The predicted molar refractivity (Wildman–Crippen MR) is 101 cm³/mol. The molecule has 1 fully saturated rings. The van der Waals surface area contributed by atoms with Crippen LogP contribution >= 0.6 is 0 Å². The number of pyridine rings is 1.